The van der Waals surface area contributed by atoms with Gasteiger partial charge in [0, 0.05) is 26.2 Å². The number of anilines is 2. The summed E-state index contributed by atoms with van der Waals surface area (Å²) in [7, 11) is 0. The van der Waals surface area contributed by atoms with E-state index in [0.717, 1.165) is 55.8 Å². The minimum Gasteiger partial charge on any atom is -0.375 e. The molecule has 0 bridgehead atoms. The molecule has 6 heterocycles. The van der Waals surface area contributed by atoms with Crippen LogP contribution in [-0.4, -0.2) is 75.9 Å². The number of nitrogens with two attached hydrogens (primary N) is 1. The van der Waals surface area contributed by atoms with Gasteiger partial charge in [-0.15, -0.1) is 5.10 Å². The molecule has 10 heteroatoms. The number of hydrogen-bond acceptors (Lipinski definition) is 9. The lowest BCUT2D eigenvalue weighted by atomic mass is 9.92. The molecule has 1 unspecified atom stereocenters. The molecule has 0 aromatic carbocycles. The predicted molar refractivity (Wildman–Crippen MR) is 147 cm³/mol. The topological polar surface area (TPSA) is 111 Å². The van der Waals surface area contributed by atoms with Crippen molar-refractivity contribution in [2.75, 3.05) is 55.7 Å². The van der Waals surface area contributed by atoms with Gasteiger partial charge in [-0.1, -0.05) is 12.1 Å². The second-order valence-corrected chi connectivity index (χ2v) is 11.3. The zero-order valence-electron chi connectivity index (χ0n) is 22.4. The highest BCUT2D eigenvalue weighted by Gasteiger charge is 2.45. The maximum absolute atomic E-state index is 5.63. The first-order valence-electron chi connectivity index (χ1n) is 14.1. The van der Waals surface area contributed by atoms with E-state index in [0.29, 0.717) is 24.8 Å². The van der Waals surface area contributed by atoms with Crippen LogP contribution in [0.15, 0.2) is 36.9 Å². The van der Waals surface area contributed by atoms with E-state index in [9.17, 15) is 0 Å². The summed E-state index contributed by atoms with van der Waals surface area (Å²) in [5, 5.41) is 8.90. The van der Waals surface area contributed by atoms with Crippen LogP contribution in [0.3, 0.4) is 0 Å². The van der Waals surface area contributed by atoms with Crippen molar-refractivity contribution in [2.45, 2.75) is 51.0 Å². The average molecular weight is 518 g/mol. The molecule has 1 atom stereocenters. The SMILES string of the molecule is CC1CCN(c2cncc(-c3cn(C4(c5ccc(N6CCCCC6)cn5)COC4)nn3)n2)C1.NCC1CC1. The molecule has 1 saturated carbocycles. The van der Waals surface area contributed by atoms with Crippen LogP contribution in [0.2, 0.25) is 0 Å². The third-order valence-electron chi connectivity index (χ3n) is 8.22. The fourth-order valence-electron chi connectivity index (χ4n) is 5.41. The van der Waals surface area contributed by atoms with Gasteiger partial charge in [0.15, 0.2) is 5.54 Å². The zero-order valence-corrected chi connectivity index (χ0v) is 22.4. The molecule has 3 saturated heterocycles. The monoisotopic (exact) mass is 517 g/mol. The summed E-state index contributed by atoms with van der Waals surface area (Å²) in [5.41, 5.74) is 8.40. The predicted octanol–water partition coefficient (Wildman–Crippen LogP) is 3.10. The van der Waals surface area contributed by atoms with Gasteiger partial charge in [0.25, 0.3) is 0 Å². The molecule has 3 aromatic rings. The molecule has 3 aromatic heterocycles. The van der Waals surface area contributed by atoms with Crippen molar-refractivity contribution < 1.29 is 4.74 Å². The Morgan fingerprint density at radius 3 is 2.42 bits per heavy atom. The Morgan fingerprint density at radius 1 is 0.974 bits per heavy atom. The Labute approximate surface area is 224 Å². The molecule has 1 aliphatic carbocycles. The van der Waals surface area contributed by atoms with Crippen molar-refractivity contribution in [3.8, 4) is 11.4 Å². The summed E-state index contributed by atoms with van der Waals surface area (Å²) < 4.78 is 7.52. The number of piperidine rings is 1. The molecule has 10 nitrogen and oxygen atoms in total. The Morgan fingerprint density at radius 2 is 1.82 bits per heavy atom. The molecule has 3 aliphatic heterocycles. The van der Waals surface area contributed by atoms with Crippen LogP contribution in [0.4, 0.5) is 11.5 Å². The van der Waals surface area contributed by atoms with E-state index in [1.54, 1.807) is 6.20 Å². The normalized spacial score (nSPS) is 22.5. The van der Waals surface area contributed by atoms with Crippen molar-refractivity contribution in [1.82, 2.24) is 29.9 Å². The third kappa shape index (κ3) is 5.24. The summed E-state index contributed by atoms with van der Waals surface area (Å²) >= 11 is 0. The van der Waals surface area contributed by atoms with Crippen LogP contribution in [0.5, 0.6) is 0 Å². The van der Waals surface area contributed by atoms with Crippen LogP contribution in [0.1, 0.15) is 51.1 Å². The number of pyridine rings is 1. The van der Waals surface area contributed by atoms with Gasteiger partial charge in [0.05, 0.1) is 49.4 Å². The number of ether oxygens (including phenoxy) is 1. The Kier molecular flexibility index (Phi) is 7.25. The highest BCUT2D eigenvalue weighted by Crippen LogP contribution is 2.34. The number of aromatic nitrogens is 6. The lowest BCUT2D eigenvalue weighted by Gasteiger charge is -2.40. The van der Waals surface area contributed by atoms with Crippen molar-refractivity contribution in [1.29, 1.82) is 0 Å². The van der Waals surface area contributed by atoms with Gasteiger partial charge in [0.1, 0.15) is 17.2 Å². The highest BCUT2D eigenvalue weighted by molar-refractivity contribution is 5.55. The second kappa shape index (κ2) is 10.9. The van der Waals surface area contributed by atoms with E-state index in [1.807, 2.05) is 23.3 Å². The number of rotatable bonds is 6. The smallest absolute Gasteiger partial charge is 0.152 e. The Balaban J connectivity index is 0.000000476. The minimum absolute atomic E-state index is 0.429. The number of nitrogens with zero attached hydrogens (tertiary/aromatic N) is 8. The van der Waals surface area contributed by atoms with E-state index in [2.05, 4.69) is 44.2 Å². The first-order valence-corrected chi connectivity index (χ1v) is 14.1. The van der Waals surface area contributed by atoms with E-state index < -0.39 is 5.54 Å². The lowest BCUT2D eigenvalue weighted by Crippen LogP contribution is -2.53. The van der Waals surface area contributed by atoms with Gasteiger partial charge < -0.3 is 20.3 Å². The van der Waals surface area contributed by atoms with E-state index in [4.69, 9.17) is 20.4 Å². The lowest BCUT2D eigenvalue weighted by molar-refractivity contribution is -0.0851. The van der Waals surface area contributed by atoms with Crippen molar-refractivity contribution in [2.24, 2.45) is 17.6 Å². The maximum atomic E-state index is 5.63. The standard InChI is InChI=1S/C24H30N8O.C4H9N/c1-18-7-10-31(14-18)23-13-25-12-20(27-23)21-15-32(29-28-21)24(16-33-17-24)22-6-5-19(11-26-22)30-8-3-2-4-9-30;5-3-4-1-2-4/h5-6,11-13,15,18H,2-4,7-10,14,16-17H2,1H3;4H,1-3,5H2. The van der Waals surface area contributed by atoms with Crippen LogP contribution in [0, 0.1) is 11.8 Å². The van der Waals surface area contributed by atoms with Crippen LogP contribution in [0.25, 0.3) is 11.4 Å². The van der Waals surface area contributed by atoms with Gasteiger partial charge in [-0.25, -0.2) is 9.67 Å². The van der Waals surface area contributed by atoms with Gasteiger partial charge in [-0.2, -0.15) is 0 Å². The molecule has 7 rings (SSSR count). The minimum atomic E-state index is -0.429. The van der Waals surface area contributed by atoms with Crippen molar-refractivity contribution in [3.05, 3.63) is 42.6 Å². The van der Waals surface area contributed by atoms with Gasteiger partial charge in [-0.05, 0) is 69.0 Å². The van der Waals surface area contributed by atoms with Crippen LogP contribution >= 0.6 is 0 Å². The van der Waals surface area contributed by atoms with Crippen molar-refractivity contribution >= 4 is 11.5 Å². The van der Waals surface area contributed by atoms with Gasteiger partial charge in [0.2, 0.25) is 0 Å². The zero-order chi connectivity index (χ0) is 26.0. The molecule has 0 radical (unpaired) electrons. The Hall–Kier alpha value is -3.11. The van der Waals surface area contributed by atoms with Crippen LogP contribution < -0.4 is 15.5 Å². The quantitative estimate of drug-likeness (QED) is 0.527. The first-order chi connectivity index (χ1) is 18.6. The summed E-state index contributed by atoms with van der Waals surface area (Å²) in [5.74, 6) is 2.50. The van der Waals surface area contributed by atoms with Gasteiger partial charge >= 0.3 is 0 Å². The molecule has 4 aliphatic rings. The fraction of sp³-hybridized carbons (Fsp3) is 0.607. The molecule has 4 fully saturated rings. The fourth-order valence-corrected chi connectivity index (χ4v) is 5.41. The molecule has 38 heavy (non-hydrogen) atoms. The molecule has 202 valence electrons. The summed E-state index contributed by atoms with van der Waals surface area (Å²) in [6, 6.07) is 4.29. The summed E-state index contributed by atoms with van der Waals surface area (Å²) in [4.78, 5) is 18.8. The first kappa shape index (κ1) is 25.2. The Bertz CT molecular complexity index is 1200. The summed E-state index contributed by atoms with van der Waals surface area (Å²) in [6.07, 6.45) is 15.3. The highest BCUT2D eigenvalue weighted by atomic mass is 16.5. The molecule has 2 N–H and O–H groups in total. The molecular weight excluding hydrogens is 478 g/mol. The average Bonchev–Trinajstić information content (AvgIpc) is 3.49. The number of hydrogen-bond donors (Lipinski definition) is 1. The van der Waals surface area contributed by atoms with E-state index in [-0.39, 0.29) is 0 Å². The molecule has 0 amide bonds. The second-order valence-electron chi connectivity index (χ2n) is 11.3. The molecular formula is C28H39N9O. The largest absolute Gasteiger partial charge is 0.375 e. The van der Waals surface area contributed by atoms with E-state index in [1.165, 1.54) is 44.2 Å². The van der Waals surface area contributed by atoms with Crippen LogP contribution in [-0.2, 0) is 10.3 Å². The van der Waals surface area contributed by atoms with E-state index >= 15 is 0 Å². The van der Waals surface area contributed by atoms with Crippen molar-refractivity contribution in [3.63, 3.8) is 0 Å². The summed E-state index contributed by atoms with van der Waals surface area (Å²) in [6.45, 7) is 8.51. The molecule has 0 spiro atoms. The maximum Gasteiger partial charge on any atom is 0.152 e. The third-order valence-corrected chi connectivity index (χ3v) is 8.22. The van der Waals surface area contributed by atoms with Gasteiger partial charge in [-0.3, -0.25) is 9.97 Å².